The zero-order valence-corrected chi connectivity index (χ0v) is 31.2. The Morgan fingerprint density at radius 2 is 0.750 bits per heavy atom. The molecule has 0 aliphatic carbocycles. The zero-order chi connectivity index (χ0) is 35.0. The summed E-state index contributed by atoms with van der Waals surface area (Å²) in [6.45, 7) is 4.09. The van der Waals surface area contributed by atoms with Gasteiger partial charge in [-0.05, 0) is 0 Å². The molecule has 0 aliphatic heterocycles. The Labute approximate surface area is 308 Å². The van der Waals surface area contributed by atoms with Crippen LogP contribution < -0.4 is 10.6 Å². The van der Waals surface area contributed by atoms with E-state index in [1.807, 2.05) is 86.6 Å². The molecule has 0 fully saturated rings. The maximum atomic E-state index is 7.21. The van der Waals surface area contributed by atoms with Gasteiger partial charge in [-0.25, -0.2) is 0 Å². The van der Waals surface area contributed by atoms with Crippen molar-refractivity contribution in [1.82, 2.24) is 9.97 Å². The summed E-state index contributed by atoms with van der Waals surface area (Å²) >= 11 is -3.85. The number of hydrogen-bond donors (Lipinski definition) is 0. The van der Waals surface area contributed by atoms with E-state index in [-0.39, 0.29) is 0 Å². The molecule has 0 unspecified atom stereocenters. The number of fused-ring (bicyclic) bond motifs is 6. The number of aromatic nitrogens is 2. The van der Waals surface area contributed by atoms with Crippen LogP contribution in [-0.2, 0) is 0 Å². The fraction of sp³-hybridized carbons (Fsp3) is 0.0435. The van der Waals surface area contributed by atoms with Gasteiger partial charge < -0.3 is 0 Å². The van der Waals surface area contributed by atoms with Crippen molar-refractivity contribution in [2.45, 2.75) is 13.8 Å². The third-order valence-corrected chi connectivity index (χ3v) is 12.4. The van der Waals surface area contributed by atoms with Crippen molar-refractivity contribution in [3.05, 3.63) is 175 Å². The molecule has 0 bridgehead atoms. The molecule has 52 heavy (non-hydrogen) atoms. The number of pyridine rings is 2. The van der Waals surface area contributed by atoms with E-state index in [4.69, 9.17) is 20.6 Å². The minimum atomic E-state index is -3.85. The van der Waals surface area contributed by atoms with Crippen molar-refractivity contribution in [2.24, 2.45) is 0 Å². The van der Waals surface area contributed by atoms with Gasteiger partial charge in [-0.1, -0.05) is 0 Å². The molecule has 0 N–H and O–H groups in total. The normalized spacial score (nSPS) is 11.3. The summed E-state index contributed by atoms with van der Waals surface area (Å²) in [6.07, 6.45) is 0. The first-order valence-electron chi connectivity index (χ1n) is 17.4. The first kappa shape index (κ1) is 31.9. The topological polar surface area (TPSA) is 53.5 Å². The van der Waals surface area contributed by atoms with Crippen LogP contribution in [0.15, 0.2) is 164 Å². The molecule has 9 aromatic rings. The van der Waals surface area contributed by atoms with Crippen molar-refractivity contribution < 1.29 is 10.6 Å². The second-order valence-corrected chi connectivity index (χ2v) is 15.5. The summed E-state index contributed by atoms with van der Waals surface area (Å²) < 4.78 is 21.3. The van der Waals surface area contributed by atoms with E-state index in [2.05, 4.69) is 91.0 Å². The molecule has 0 saturated heterocycles. The number of nitrogens with zero attached hydrogens (tertiary/aromatic N) is 2. The molecule has 0 saturated carbocycles. The molecule has 2 aromatic heterocycles. The quantitative estimate of drug-likeness (QED) is 0.115. The monoisotopic (exact) mass is 730 g/mol. The molecule has 0 amide bonds. The second-order valence-electron chi connectivity index (χ2n) is 12.8. The van der Waals surface area contributed by atoms with Crippen molar-refractivity contribution in [2.75, 3.05) is 0 Å². The van der Waals surface area contributed by atoms with Crippen LogP contribution in [0, 0.1) is 13.8 Å². The fourth-order valence-corrected chi connectivity index (χ4v) is 10.1. The Hall–Kier alpha value is -6.08. The first-order chi connectivity index (χ1) is 25.6. The van der Waals surface area contributed by atoms with Crippen LogP contribution in [-0.4, -0.2) is 27.3 Å². The van der Waals surface area contributed by atoms with E-state index in [0.29, 0.717) is 11.5 Å². The molecule has 5 nitrogen and oxygen atoms in total. The minimum absolute atomic E-state index is 0.629. The molecular formula is C46H33GaN2O3. The van der Waals surface area contributed by atoms with Gasteiger partial charge in [-0.3, -0.25) is 0 Å². The fourth-order valence-electron chi connectivity index (χ4n) is 7.15. The number of para-hydroxylation sites is 3. The number of hydrogen-bond acceptors (Lipinski definition) is 5. The Balaban J connectivity index is 1.23. The van der Waals surface area contributed by atoms with Crippen LogP contribution in [0.5, 0.6) is 17.2 Å². The Morgan fingerprint density at radius 3 is 1.21 bits per heavy atom. The van der Waals surface area contributed by atoms with E-state index in [1.165, 1.54) is 0 Å². The molecule has 0 aliphatic rings. The van der Waals surface area contributed by atoms with E-state index < -0.39 is 17.3 Å². The van der Waals surface area contributed by atoms with E-state index in [9.17, 15) is 0 Å². The summed E-state index contributed by atoms with van der Waals surface area (Å²) in [5.74, 6) is 1.98. The van der Waals surface area contributed by atoms with Gasteiger partial charge in [0.25, 0.3) is 0 Å². The van der Waals surface area contributed by atoms with Crippen molar-refractivity contribution in [1.29, 1.82) is 0 Å². The number of benzene rings is 7. The van der Waals surface area contributed by atoms with Crippen molar-refractivity contribution >= 4 is 60.7 Å². The molecule has 2 heterocycles. The summed E-state index contributed by atoms with van der Waals surface area (Å²) in [7, 11) is 0. The predicted octanol–water partition coefficient (Wildman–Crippen LogP) is 11.6. The van der Waals surface area contributed by atoms with Crippen molar-refractivity contribution in [3.63, 3.8) is 0 Å². The molecule has 7 aromatic carbocycles. The Kier molecular flexibility index (Phi) is 8.31. The van der Waals surface area contributed by atoms with E-state index in [0.717, 1.165) is 82.7 Å². The summed E-state index contributed by atoms with van der Waals surface area (Å²) in [4.78, 5) is 10.2. The van der Waals surface area contributed by atoms with E-state index >= 15 is 0 Å². The van der Waals surface area contributed by atoms with Crippen LogP contribution in [0.1, 0.15) is 11.4 Å². The Morgan fingerprint density at radius 1 is 0.365 bits per heavy atom. The van der Waals surface area contributed by atoms with Crippen LogP contribution in [0.3, 0.4) is 0 Å². The summed E-state index contributed by atoms with van der Waals surface area (Å²) in [5.41, 5.74) is 7.43. The van der Waals surface area contributed by atoms with Gasteiger partial charge in [0.05, 0.1) is 0 Å². The number of rotatable bonds is 8. The molecule has 6 heteroatoms. The zero-order valence-electron chi connectivity index (χ0n) is 28.8. The molecule has 0 radical (unpaired) electrons. The van der Waals surface area contributed by atoms with Crippen molar-refractivity contribution in [3.8, 4) is 39.5 Å². The molecule has 0 atom stereocenters. The van der Waals surface area contributed by atoms with Gasteiger partial charge in [-0.15, -0.1) is 0 Å². The second kappa shape index (κ2) is 13.6. The molecule has 0 spiro atoms. The van der Waals surface area contributed by atoms with Crippen LogP contribution in [0.4, 0.5) is 0 Å². The van der Waals surface area contributed by atoms with Gasteiger partial charge in [0, 0.05) is 0 Å². The average Bonchev–Trinajstić information content (AvgIpc) is 3.19. The van der Waals surface area contributed by atoms with Crippen LogP contribution in [0.25, 0.3) is 65.6 Å². The summed E-state index contributed by atoms with van der Waals surface area (Å²) in [6, 6.07) is 55.8. The van der Waals surface area contributed by atoms with Gasteiger partial charge >= 0.3 is 310 Å². The first-order valence-corrected chi connectivity index (χ1v) is 20.4. The molecular weight excluding hydrogens is 698 g/mol. The maximum absolute atomic E-state index is 7.21. The van der Waals surface area contributed by atoms with E-state index in [1.54, 1.807) is 0 Å². The van der Waals surface area contributed by atoms with Gasteiger partial charge in [0.1, 0.15) is 0 Å². The van der Waals surface area contributed by atoms with Crippen LogP contribution in [0.2, 0.25) is 0 Å². The SMILES string of the molecule is Cc1nc2c([O][Ga]([O]c3c(-c4ccccc4)cccc3-c3ccccc3)[O]c3cccc4c3nc(C)c3ccccc34)cccc2c2ccccc12. The summed E-state index contributed by atoms with van der Waals surface area (Å²) in [5, 5.41) is 6.52. The number of aryl methyl sites for hydroxylation is 2. The van der Waals surface area contributed by atoms with Gasteiger partial charge in [0.15, 0.2) is 0 Å². The third-order valence-electron chi connectivity index (χ3n) is 9.62. The standard InChI is InChI=1S/C18H14O.2C14H11NO.Ga/c19-18-16(14-8-3-1-4-9-14)12-7-13-17(18)15-10-5-2-6-11-15;2*1-9-10-5-2-3-6-11(10)12-7-4-8-13(16)14(12)15-9;/h1-13,19H;2*2-8,16H,1H3;/q;;;+3/p-3. The third kappa shape index (κ3) is 5.82. The van der Waals surface area contributed by atoms with Gasteiger partial charge in [0.2, 0.25) is 0 Å². The van der Waals surface area contributed by atoms with Gasteiger partial charge in [-0.2, -0.15) is 0 Å². The predicted molar refractivity (Wildman–Crippen MR) is 213 cm³/mol. The molecule has 9 rings (SSSR count). The Bertz CT molecular complexity index is 2570. The van der Waals surface area contributed by atoms with Crippen LogP contribution >= 0.6 is 0 Å². The molecule has 248 valence electrons. The average molecular weight is 732 g/mol.